The van der Waals surface area contributed by atoms with Crippen LogP contribution >= 0.6 is 12.6 Å². The van der Waals surface area contributed by atoms with Crippen molar-refractivity contribution in [2.45, 2.75) is 31.0 Å². The van der Waals surface area contributed by atoms with Crippen molar-refractivity contribution in [3.63, 3.8) is 0 Å². The Morgan fingerprint density at radius 3 is 2.47 bits per heavy atom. The van der Waals surface area contributed by atoms with Crippen LogP contribution in [-0.2, 0) is 6.18 Å². The van der Waals surface area contributed by atoms with Crippen LogP contribution in [0.4, 0.5) is 13.2 Å². The number of halogens is 3. The molecule has 0 spiro atoms. The van der Waals surface area contributed by atoms with E-state index in [0.717, 1.165) is 0 Å². The van der Waals surface area contributed by atoms with Crippen molar-refractivity contribution < 1.29 is 13.2 Å². The number of nitrogens with zero attached hydrogens (tertiary/aromatic N) is 2. The fourth-order valence-electron chi connectivity index (χ4n) is 1.81. The molecule has 0 unspecified atom stereocenters. The molecule has 0 N–H and O–H groups in total. The van der Waals surface area contributed by atoms with Crippen LogP contribution in [0.25, 0.3) is 11.0 Å². The van der Waals surface area contributed by atoms with Gasteiger partial charge < -0.3 is 4.57 Å². The molecule has 2 aromatic rings. The topological polar surface area (TPSA) is 17.8 Å². The molecule has 0 saturated carbocycles. The van der Waals surface area contributed by atoms with Crippen molar-refractivity contribution in [2.24, 2.45) is 0 Å². The highest BCUT2D eigenvalue weighted by molar-refractivity contribution is 7.80. The summed E-state index contributed by atoms with van der Waals surface area (Å²) in [6, 6.07) is 4.50. The van der Waals surface area contributed by atoms with E-state index in [2.05, 4.69) is 17.6 Å². The first-order valence-electron chi connectivity index (χ1n) is 5.09. The molecular formula is C11H11F3N2S. The Morgan fingerprint density at radius 1 is 1.29 bits per heavy atom. The van der Waals surface area contributed by atoms with Crippen molar-refractivity contribution in [3.8, 4) is 0 Å². The largest absolute Gasteiger partial charge is 0.449 e. The summed E-state index contributed by atoms with van der Waals surface area (Å²) in [7, 11) is 0. The molecule has 92 valence electrons. The third-order valence-corrected chi connectivity index (χ3v) is 2.72. The number of benzene rings is 1. The summed E-state index contributed by atoms with van der Waals surface area (Å²) in [5, 5.41) is 0. The molecule has 2 rings (SSSR count). The summed E-state index contributed by atoms with van der Waals surface area (Å²) in [6.45, 7) is 3.40. The van der Waals surface area contributed by atoms with E-state index in [1.54, 1.807) is 26.0 Å². The zero-order chi connectivity index (χ0) is 12.8. The van der Waals surface area contributed by atoms with Gasteiger partial charge in [0.25, 0.3) is 0 Å². The Bertz CT molecular complexity index is 558. The molecule has 0 atom stereocenters. The van der Waals surface area contributed by atoms with Gasteiger partial charge in [0.05, 0.1) is 11.0 Å². The molecule has 0 saturated heterocycles. The number of thiol groups is 1. The lowest BCUT2D eigenvalue weighted by atomic mass is 10.3. The zero-order valence-corrected chi connectivity index (χ0v) is 10.2. The second-order valence-electron chi connectivity index (χ2n) is 4.07. The third-order valence-electron chi connectivity index (χ3n) is 2.44. The van der Waals surface area contributed by atoms with Crippen LogP contribution in [0.15, 0.2) is 23.1 Å². The van der Waals surface area contributed by atoms with Crippen LogP contribution in [0.2, 0.25) is 0 Å². The highest BCUT2D eigenvalue weighted by Gasteiger charge is 2.38. The van der Waals surface area contributed by atoms with Gasteiger partial charge in [0, 0.05) is 10.9 Å². The second-order valence-corrected chi connectivity index (χ2v) is 4.59. The zero-order valence-electron chi connectivity index (χ0n) is 9.28. The van der Waals surface area contributed by atoms with Gasteiger partial charge in [-0.2, -0.15) is 13.2 Å². The number of aromatic nitrogens is 2. The molecule has 1 aromatic heterocycles. The molecule has 0 aliphatic rings. The van der Waals surface area contributed by atoms with E-state index in [-0.39, 0.29) is 6.04 Å². The summed E-state index contributed by atoms with van der Waals surface area (Å²) in [5.74, 6) is -0.860. The molecular weight excluding hydrogens is 249 g/mol. The van der Waals surface area contributed by atoms with Crippen LogP contribution in [-0.4, -0.2) is 9.55 Å². The molecule has 0 radical (unpaired) electrons. The highest BCUT2D eigenvalue weighted by Crippen LogP contribution is 2.34. The number of rotatable bonds is 1. The minimum absolute atomic E-state index is 0.303. The summed E-state index contributed by atoms with van der Waals surface area (Å²) < 4.78 is 39.7. The monoisotopic (exact) mass is 260 g/mol. The fourth-order valence-corrected chi connectivity index (χ4v) is 2.01. The second kappa shape index (κ2) is 3.94. The molecule has 1 heterocycles. The standard InChI is InChI=1S/C11H11F3N2S/c1-6(2)16-9-4-3-7(17)5-8(9)15-10(16)11(12,13)14/h3-6,17H,1-2H3. The summed E-state index contributed by atoms with van der Waals surface area (Å²) in [6.07, 6.45) is -4.44. The predicted octanol–water partition coefficient (Wildman–Crippen LogP) is 3.92. The van der Waals surface area contributed by atoms with Gasteiger partial charge in [0.2, 0.25) is 5.82 Å². The van der Waals surface area contributed by atoms with E-state index in [1.807, 2.05) is 0 Å². The van der Waals surface area contributed by atoms with Crippen LogP contribution < -0.4 is 0 Å². The van der Waals surface area contributed by atoms with Gasteiger partial charge in [-0.05, 0) is 32.0 Å². The molecule has 17 heavy (non-hydrogen) atoms. The van der Waals surface area contributed by atoms with Gasteiger partial charge in [0.15, 0.2) is 0 Å². The third kappa shape index (κ3) is 2.13. The quantitative estimate of drug-likeness (QED) is 0.769. The number of hydrogen-bond acceptors (Lipinski definition) is 2. The Hall–Kier alpha value is -1.17. The van der Waals surface area contributed by atoms with Crippen LogP contribution in [0.1, 0.15) is 25.7 Å². The average Bonchev–Trinajstić information content (AvgIpc) is 2.55. The highest BCUT2D eigenvalue weighted by atomic mass is 32.1. The van der Waals surface area contributed by atoms with Gasteiger partial charge in [-0.25, -0.2) is 4.98 Å². The Labute approximate surface area is 102 Å². The molecule has 1 aromatic carbocycles. The van der Waals surface area contributed by atoms with E-state index in [1.165, 1.54) is 10.6 Å². The number of fused-ring (bicyclic) bond motifs is 1. The van der Waals surface area contributed by atoms with Crippen molar-refractivity contribution >= 4 is 23.7 Å². The predicted molar refractivity (Wildman–Crippen MR) is 62.4 cm³/mol. The van der Waals surface area contributed by atoms with Crippen molar-refractivity contribution in [2.75, 3.05) is 0 Å². The van der Waals surface area contributed by atoms with Gasteiger partial charge in [-0.1, -0.05) is 0 Å². The van der Waals surface area contributed by atoms with Gasteiger partial charge in [-0.15, -0.1) is 12.6 Å². The first-order valence-corrected chi connectivity index (χ1v) is 5.53. The van der Waals surface area contributed by atoms with Crippen LogP contribution in [0.3, 0.4) is 0 Å². The van der Waals surface area contributed by atoms with Crippen molar-refractivity contribution in [1.82, 2.24) is 9.55 Å². The number of imidazole rings is 1. The van der Waals surface area contributed by atoms with Gasteiger partial charge >= 0.3 is 6.18 Å². The lowest BCUT2D eigenvalue weighted by molar-refractivity contribution is -0.147. The van der Waals surface area contributed by atoms with E-state index in [4.69, 9.17) is 0 Å². The maximum atomic E-state index is 12.8. The lowest BCUT2D eigenvalue weighted by Gasteiger charge is -2.14. The molecule has 0 aliphatic carbocycles. The van der Waals surface area contributed by atoms with Crippen molar-refractivity contribution in [3.05, 3.63) is 24.0 Å². The summed E-state index contributed by atoms with van der Waals surface area (Å²) in [5.41, 5.74) is 0.795. The van der Waals surface area contributed by atoms with Crippen LogP contribution in [0.5, 0.6) is 0 Å². The smallest absolute Gasteiger partial charge is 0.318 e. The lowest BCUT2D eigenvalue weighted by Crippen LogP contribution is -2.16. The molecule has 2 nitrogen and oxygen atoms in total. The minimum Gasteiger partial charge on any atom is -0.318 e. The van der Waals surface area contributed by atoms with Gasteiger partial charge in [0.1, 0.15) is 0 Å². The van der Waals surface area contributed by atoms with E-state index < -0.39 is 12.0 Å². The Balaban J connectivity index is 2.80. The van der Waals surface area contributed by atoms with E-state index in [9.17, 15) is 13.2 Å². The molecule has 0 aliphatic heterocycles. The maximum Gasteiger partial charge on any atom is 0.449 e. The normalized spacial score (nSPS) is 12.6. The molecule has 6 heteroatoms. The van der Waals surface area contributed by atoms with Crippen molar-refractivity contribution in [1.29, 1.82) is 0 Å². The molecule has 0 bridgehead atoms. The Morgan fingerprint density at radius 2 is 1.94 bits per heavy atom. The molecule has 0 amide bonds. The number of alkyl halides is 3. The minimum atomic E-state index is -4.44. The summed E-state index contributed by atoms with van der Waals surface area (Å²) in [4.78, 5) is 4.25. The number of hydrogen-bond donors (Lipinski definition) is 1. The Kier molecular flexibility index (Phi) is 2.85. The van der Waals surface area contributed by atoms with Gasteiger partial charge in [-0.3, -0.25) is 0 Å². The average molecular weight is 260 g/mol. The molecule has 0 fully saturated rings. The first kappa shape index (κ1) is 12.3. The first-order chi connectivity index (χ1) is 7.80. The summed E-state index contributed by atoms with van der Waals surface area (Å²) >= 11 is 4.10. The van der Waals surface area contributed by atoms with Crippen LogP contribution in [0, 0.1) is 0 Å². The fraction of sp³-hybridized carbons (Fsp3) is 0.364. The SMILES string of the molecule is CC(C)n1c(C(F)(F)F)nc2cc(S)ccc21. The van der Waals surface area contributed by atoms with E-state index in [0.29, 0.717) is 15.9 Å². The van der Waals surface area contributed by atoms with E-state index >= 15 is 0 Å². The maximum absolute atomic E-state index is 12.8.